The summed E-state index contributed by atoms with van der Waals surface area (Å²) < 4.78 is 5.08. The van der Waals surface area contributed by atoms with Crippen LogP contribution in [-0.2, 0) is 9.53 Å². The summed E-state index contributed by atoms with van der Waals surface area (Å²) >= 11 is 0. The number of hydrogen-bond acceptors (Lipinski definition) is 3. The summed E-state index contributed by atoms with van der Waals surface area (Å²) in [6.45, 7) is 3.81. The van der Waals surface area contributed by atoms with Gasteiger partial charge in [0.2, 0.25) is 5.91 Å². The molecule has 0 aliphatic carbocycles. The van der Waals surface area contributed by atoms with Gasteiger partial charge in [-0.1, -0.05) is 12.1 Å². The lowest BCUT2D eigenvalue weighted by molar-refractivity contribution is -0.129. The topological polar surface area (TPSA) is 61.9 Å². The molecule has 0 radical (unpaired) electrons. The van der Waals surface area contributed by atoms with Crippen LogP contribution in [0.3, 0.4) is 0 Å². The molecule has 0 aromatic heterocycles. The van der Waals surface area contributed by atoms with Crippen LogP contribution >= 0.6 is 0 Å². The molecular weight excluding hydrogens is 294 g/mol. The maximum Gasteiger partial charge on any atom is 0.322 e. The Bertz CT molecular complexity index is 605. The molecule has 0 spiro atoms. The Balaban J connectivity index is 1.66. The molecule has 3 rings (SSSR count). The summed E-state index contributed by atoms with van der Waals surface area (Å²) in [4.78, 5) is 28.4. The SMILES string of the molecule is COCCN1C(=O)C[C@@H]2[C@H]1CCN2C(=O)Nc1cccc(C)c1. The van der Waals surface area contributed by atoms with Crippen LogP contribution in [-0.4, -0.2) is 60.6 Å². The molecule has 2 aliphatic rings. The van der Waals surface area contributed by atoms with Crippen molar-refractivity contribution in [3.05, 3.63) is 29.8 Å². The average molecular weight is 317 g/mol. The van der Waals surface area contributed by atoms with E-state index in [0.29, 0.717) is 26.1 Å². The molecule has 0 saturated carbocycles. The van der Waals surface area contributed by atoms with E-state index in [4.69, 9.17) is 4.74 Å². The molecule has 6 nitrogen and oxygen atoms in total. The number of aryl methyl sites for hydroxylation is 1. The van der Waals surface area contributed by atoms with Gasteiger partial charge in [0.05, 0.1) is 18.7 Å². The maximum absolute atomic E-state index is 12.6. The lowest BCUT2D eigenvalue weighted by Crippen LogP contribution is -2.42. The number of methoxy groups -OCH3 is 1. The second-order valence-electron chi connectivity index (χ2n) is 6.20. The van der Waals surface area contributed by atoms with E-state index in [1.165, 1.54) is 0 Å². The van der Waals surface area contributed by atoms with Crippen molar-refractivity contribution in [3.8, 4) is 0 Å². The molecule has 2 heterocycles. The summed E-state index contributed by atoms with van der Waals surface area (Å²) in [5.74, 6) is 0.116. The van der Waals surface area contributed by atoms with E-state index in [9.17, 15) is 9.59 Å². The number of carbonyl (C=O) groups is 2. The van der Waals surface area contributed by atoms with Crippen molar-refractivity contribution in [1.29, 1.82) is 0 Å². The molecule has 0 bridgehead atoms. The number of ether oxygens (including phenoxy) is 1. The molecule has 2 atom stereocenters. The molecule has 23 heavy (non-hydrogen) atoms. The van der Waals surface area contributed by atoms with Gasteiger partial charge in [-0.3, -0.25) is 4.79 Å². The van der Waals surface area contributed by atoms with E-state index in [-0.39, 0.29) is 24.0 Å². The van der Waals surface area contributed by atoms with E-state index in [0.717, 1.165) is 17.7 Å². The van der Waals surface area contributed by atoms with E-state index >= 15 is 0 Å². The van der Waals surface area contributed by atoms with Crippen LogP contribution in [0.15, 0.2) is 24.3 Å². The molecule has 6 heteroatoms. The van der Waals surface area contributed by atoms with Gasteiger partial charge in [-0.05, 0) is 31.0 Å². The third-order valence-corrected chi connectivity index (χ3v) is 4.68. The fourth-order valence-corrected chi connectivity index (χ4v) is 3.58. The lowest BCUT2D eigenvalue weighted by Gasteiger charge is -2.25. The van der Waals surface area contributed by atoms with Crippen LogP contribution in [0.4, 0.5) is 10.5 Å². The molecule has 1 N–H and O–H groups in total. The molecule has 2 fully saturated rings. The highest BCUT2D eigenvalue weighted by atomic mass is 16.5. The summed E-state index contributed by atoms with van der Waals surface area (Å²) in [7, 11) is 1.63. The number of nitrogens with zero attached hydrogens (tertiary/aromatic N) is 2. The quantitative estimate of drug-likeness (QED) is 0.922. The minimum Gasteiger partial charge on any atom is -0.383 e. The number of hydrogen-bond donors (Lipinski definition) is 1. The Morgan fingerprint density at radius 1 is 1.39 bits per heavy atom. The van der Waals surface area contributed by atoms with Crippen molar-refractivity contribution in [2.24, 2.45) is 0 Å². The number of carbonyl (C=O) groups excluding carboxylic acids is 2. The highest BCUT2D eigenvalue weighted by molar-refractivity contribution is 5.91. The van der Waals surface area contributed by atoms with Crippen LogP contribution < -0.4 is 5.32 Å². The van der Waals surface area contributed by atoms with Crippen LogP contribution in [0.1, 0.15) is 18.4 Å². The standard InChI is InChI=1S/C17H23N3O3/c1-12-4-3-5-13(10-12)18-17(22)20-7-6-14-15(20)11-16(21)19(14)8-9-23-2/h3-5,10,14-15H,6-9,11H2,1-2H3,(H,18,22)/t14-,15-/m1/s1. The summed E-state index contributed by atoms with van der Waals surface area (Å²) in [6.07, 6.45) is 1.25. The van der Waals surface area contributed by atoms with Crippen molar-refractivity contribution in [2.75, 3.05) is 32.1 Å². The molecule has 1 aromatic rings. The largest absolute Gasteiger partial charge is 0.383 e. The zero-order valence-corrected chi connectivity index (χ0v) is 13.6. The van der Waals surface area contributed by atoms with Gasteiger partial charge in [0.25, 0.3) is 0 Å². The van der Waals surface area contributed by atoms with Gasteiger partial charge in [0.15, 0.2) is 0 Å². The Labute approximate surface area is 136 Å². The summed E-state index contributed by atoms with van der Waals surface area (Å²) in [5, 5.41) is 2.94. The molecule has 0 unspecified atom stereocenters. The number of benzene rings is 1. The van der Waals surface area contributed by atoms with Gasteiger partial charge >= 0.3 is 6.03 Å². The van der Waals surface area contributed by atoms with Gasteiger partial charge in [-0.25, -0.2) is 4.79 Å². The third kappa shape index (κ3) is 3.17. The predicted octanol–water partition coefficient (Wildman–Crippen LogP) is 1.85. The summed E-state index contributed by atoms with van der Waals surface area (Å²) in [6, 6.07) is 7.71. The Morgan fingerprint density at radius 2 is 2.22 bits per heavy atom. The number of likely N-dealkylation sites (tertiary alicyclic amines) is 2. The highest BCUT2D eigenvalue weighted by Crippen LogP contribution is 2.32. The Hall–Kier alpha value is -2.08. The molecule has 124 valence electrons. The fraction of sp³-hybridized carbons (Fsp3) is 0.529. The van der Waals surface area contributed by atoms with Crippen molar-refractivity contribution in [3.63, 3.8) is 0 Å². The Morgan fingerprint density at radius 3 is 2.96 bits per heavy atom. The average Bonchev–Trinajstić information content (AvgIpc) is 3.03. The zero-order chi connectivity index (χ0) is 16.4. The van der Waals surface area contributed by atoms with Crippen LogP contribution in [0, 0.1) is 6.92 Å². The minimum atomic E-state index is -0.121. The number of anilines is 1. The van der Waals surface area contributed by atoms with Gasteiger partial charge in [-0.2, -0.15) is 0 Å². The van der Waals surface area contributed by atoms with E-state index in [2.05, 4.69) is 5.32 Å². The van der Waals surface area contributed by atoms with Gasteiger partial charge < -0.3 is 19.9 Å². The second-order valence-corrected chi connectivity index (χ2v) is 6.20. The second kappa shape index (κ2) is 6.58. The van der Waals surface area contributed by atoms with Crippen molar-refractivity contribution in [1.82, 2.24) is 9.80 Å². The number of fused-ring (bicyclic) bond motifs is 1. The van der Waals surface area contributed by atoms with E-state index < -0.39 is 0 Å². The third-order valence-electron chi connectivity index (χ3n) is 4.68. The normalized spacial score (nSPS) is 23.3. The first kappa shape index (κ1) is 15.8. The molecule has 3 amide bonds. The number of amides is 3. The first-order valence-corrected chi connectivity index (χ1v) is 8.03. The lowest BCUT2D eigenvalue weighted by atomic mass is 10.1. The van der Waals surface area contributed by atoms with E-state index in [1.54, 1.807) is 12.0 Å². The van der Waals surface area contributed by atoms with Gasteiger partial charge in [0.1, 0.15) is 0 Å². The molecule has 2 aliphatic heterocycles. The first-order chi connectivity index (χ1) is 11.1. The smallest absolute Gasteiger partial charge is 0.322 e. The first-order valence-electron chi connectivity index (χ1n) is 8.03. The molecular formula is C17H23N3O3. The monoisotopic (exact) mass is 317 g/mol. The number of urea groups is 1. The van der Waals surface area contributed by atoms with E-state index in [1.807, 2.05) is 36.1 Å². The Kier molecular flexibility index (Phi) is 4.52. The maximum atomic E-state index is 12.6. The minimum absolute atomic E-state index is 0.0239. The van der Waals surface area contributed by atoms with Crippen molar-refractivity contribution in [2.45, 2.75) is 31.8 Å². The fourth-order valence-electron chi connectivity index (χ4n) is 3.58. The van der Waals surface area contributed by atoms with Crippen LogP contribution in [0.2, 0.25) is 0 Å². The highest BCUT2D eigenvalue weighted by Gasteiger charge is 2.48. The van der Waals surface area contributed by atoms with Gasteiger partial charge in [-0.15, -0.1) is 0 Å². The summed E-state index contributed by atoms with van der Waals surface area (Å²) in [5.41, 5.74) is 1.89. The number of rotatable bonds is 4. The predicted molar refractivity (Wildman–Crippen MR) is 87.3 cm³/mol. The molecule has 1 aromatic carbocycles. The van der Waals surface area contributed by atoms with Crippen LogP contribution in [0.25, 0.3) is 0 Å². The van der Waals surface area contributed by atoms with Crippen LogP contribution in [0.5, 0.6) is 0 Å². The van der Waals surface area contributed by atoms with Crippen molar-refractivity contribution < 1.29 is 14.3 Å². The van der Waals surface area contributed by atoms with Gasteiger partial charge in [0, 0.05) is 32.3 Å². The number of nitrogens with one attached hydrogen (secondary N) is 1. The van der Waals surface area contributed by atoms with Crippen molar-refractivity contribution >= 4 is 17.6 Å². The molecule has 2 saturated heterocycles. The zero-order valence-electron chi connectivity index (χ0n) is 13.6.